The van der Waals surface area contributed by atoms with Crippen molar-refractivity contribution in [2.24, 2.45) is 11.8 Å². The van der Waals surface area contributed by atoms with Crippen molar-refractivity contribution in [1.29, 1.82) is 0 Å². The Bertz CT molecular complexity index is 609. The molecule has 1 unspecified atom stereocenters. The normalized spacial score (nSPS) is 17.2. The fraction of sp³-hybridized carbons (Fsp3) is 0.435. The van der Waals surface area contributed by atoms with Gasteiger partial charge in [0.2, 0.25) is 5.91 Å². The van der Waals surface area contributed by atoms with Gasteiger partial charge in [-0.15, -0.1) is 0 Å². The monoisotopic (exact) mass is 350 g/mol. The predicted molar refractivity (Wildman–Crippen MR) is 107 cm³/mol. The minimum absolute atomic E-state index is 0.187. The Kier molecular flexibility index (Phi) is 7.26. The van der Waals surface area contributed by atoms with Crippen LogP contribution in [0.3, 0.4) is 0 Å². The van der Waals surface area contributed by atoms with Gasteiger partial charge in [0.1, 0.15) is 0 Å². The molecule has 138 valence electrons. The summed E-state index contributed by atoms with van der Waals surface area (Å²) in [5.41, 5.74) is 2.61. The zero-order chi connectivity index (χ0) is 18.0. The molecule has 1 heterocycles. The molecule has 2 N–H and O–H groups in total. The molecule has 0 aliphatic carbocycles. The minimum atomic E-state index is 0.187. The van der Waals surface area contributed by atoms with Crippen molar-refractivity contribution < 1.29 is 4.79 Å². The first kappa shape index (κ1) is 18.7. The number of rotatable bonds is 8. The van der Waals surface area contributed by atoms with Gasteiger partial charge in [-0.1, -0.05) is 60.7 Å². The summed E-state index contributed by atoms with van der Waals surface area (Å²) in [5, 5.41) is 6.59. The molecular formula is C23H30N2O. The van der Waals surface area contributed by atoms with Crippen molar-refractivity contribution in [3.63, 3.8) is 0 Å². The molecule has 26 heavy (non-hydrogen) atoms. The minimum Gasteiger partial charge on any atom is -0.356 e. The van der Waals surface area contributed by atoms with Crippen LogP contribution in [0.5, 0.6) is 0 Å². The lowest BCUT2D eigenvalue weighted by Gasteiger charge is -2.23. The van der Waals surface area contributed by atoms with Crippen molar-refractivity contribution >= 4 is 5.91 Å². The quantitative estimate of drug-likeness (QED) is 0.764. The van der Waals surface area contributed by atoms with E-state index in [9.17, 15) is 4.79 Å². The van der Waals surface area contributed by atoms with E-state index in [1.54, 1.807) is 0 Å². The molecule has 1 fully saturated rings. The van der Waals surface area contributed by atoms with E-state index in [1.165, 1.54) is 24.0 Å². The van der Waals surface area contributed by atoms with Crippen LogP contribution in [0.2, 0.25) is 0 Å². The number of carbonyl (C=O) groups excluding carboxylic acids is 1. The maximum atomic E-state index is 12.5. The number of piperidine rings is 1. The summed E-state index contributed by atoms with van der Waals surface area (Å²) in [5.74, 6) is 1.09. The molecule has 3 rings (SSSR count). The molecule has 0 aromatic heterocycles. The summed E-state index contributed by atoms with van der Waals surface area (Å²) in [6, 6.07) is 21.0. The Morgan fingerprint density at radius 2 is 1.62 bits per heavy atom. The summed E-state index contributed by atoms with van der Waals surface area (Å²) in [7, 11) is 0. The standard InChI is InChI=1S/C23H30N2O/c26-23(25-18-21-12-7-13-24-17-21)16-22(14-19-8-3-1-4-9-19)15-20-10-5-2-6-11-20/h1-6,8-11,21-22,24H,7,12-18H2,(H,25,26). The van der Waals surface area contributed by atoms with E-state index in [4.69, 9.17) is 0 Å². The van der Waals surface area contributed by atoms with Gasteiger partial charge in [-0.25, -0.2) is 0 Å². The molecule has 2 aromatic carbocycles. The number of carbonyl (C=O) groups is 1. The molecule has 3 heteroatoms. The van der Waals surface area contributed by atoms with Crippen LogP contribution in [0.1, 0.15) is 30.4 Å². The summed E-state index contributed by atoms with van der Waals surface area (Å²) in [6.07, 6.45) is 4.89. The van der Waals surface area contributed by atoms with Crippen molar-refractivity contribution in [3.8, 4) is 0 Å². The SMILES string of the molecule is O=C(CC(Cc1ccccc1)Cc1ccccc1)NCC1CCCNC1. The lowest BCUT2D eigenvalue weighted by molar-refractivity contribution is -0.122. The average Bonchev–Trinajstić information content (AvgIpc) is 2.69. The number of amides is 1. The van der Waals surface area contributed by atoms with Crippen LogP contribution in [0, 0.1) is 11.8 Å². The topological polar surface area (TPSA) is 41.1 Å². The lowest BCUT2D eigenvalue weighted by Crippen LogP contribution is -2.38. The Morgan fingerprint density at radius 1 is 1.00 bits per heavy atom. The second-order valence-corrected chi connectivity index (χ2v) is 7.47. The number of hydrogen-bond donors (Lipinski definition) is 2. The van der Waals surface area contributed by atoms with E-state index >= 15 is 0 Å². The van der Waals surface area contributed by atoms with E-state index in [2.05, 4.69) is 59.2 Å². The van der Waals surface area contributed by atoms with Crippen LogP contribution in [-0.4, -0.2) is 25.5 Å². The molecule has 1 saturated heterocycles. The number of nitrogens with one attached hydrogen (secondary N) is 2. The van der Waals surface area contributed by atoms with Crippen molar-refractivity contribution in [2.75, 3.05) is 19.6 Å². The van der Waals surface area contributed by atoms with E-state index in [0.717, 1.165) is 32.5 Å². The van der Waals surface area contributed by atoms with Crippen LogP contribution in [0.15, 0.2) is 60.7 Å². The third-order valence-electron chi connectivity index (χ3n) is 5.20. The van der Waals surface area contributed by atoms with Gasteiger partial charge >= 0.3 is 0 Å². The summed E-state index contributed by atoms with van der Waals surface area (Å²) >= 11 is 0. The predicted octanol–water partition coefficient (Wildman–Crippen LogP) is 3.59. The Morgan fingerprint density at radius 3 is 2.15 bits per heavy atom. The van der Waals surface area contributed by atoms with Crippen LogP contribution in [0.4, 0.5) is 0 Å². The van der Waals surface area contributed by atoms with Gasteiger partial charge in [0.05, 0.1) is 0 Å². The highest BCUT2D eigenvalue weighted by atomic mass is 16.1. The fourth-order valence-electron chi connectivity index (χ4n) is 3.80. The zero-order valence-electron chi connectivity index (χ0n) is 15.5. The molecule has 0 saturated carbocycles. The lowest BCUT2D eigenvalue weighted by atomic mass is 9.89. The molecule has 0 radical (unpaired) electrons. The first-order valence-corrected chi connectivity index (χ1v) is 9.85. The summed E-state index contributed by atoms with van der Waals surface area (Å²) in [4.78, 5) is 12.5. The number of benzene rings is 2. The van der Waals surface area contributed by atoms with Gasteiger partial charge < -0.3 is 10.6 Å². The number of hydrogen-bond acceptors (Lipinski definition) is 2. The van der Waals surface area contributed by atoms with Gasteiger partial charge in [0.25, 0.3) is 0 Å². The van der Waals surface area contributed by atoms with E-state index in [0.29, 0.717) is 18.3 Å². The first-order chi connectivity index (χ1) is 12.8. The van der Waals surface area contributed by atoms with Gasteiger partial charge in [0.15, 0.2) is 0 Å². The fourth-order valence-corrected chi connectivity index (χ4v) is 3.80. The van der Waals surface area contributed by atoms with Gasteiger partial charge in [-0.3, -0.25) is 4.79 Å². The average molecular weight is 351 g/mol. The maximum absolute atomic E-state index is 12.5. The third-order valence-corrected chi connectivity index (χ3v) is 5.20. The highest BCUT2D eigenvalue weighted by Gasteiger charge is 2.18. The van der Waals surface area contributed by atoms with Gasteiger partial charge in [0, 0.05) is 13.0 Å². The van der Waals surface area contributed by atoms with Crippen LogP contribution in [0.25, 0.3) is 0 Å². The van der Waals surface area contributed by atoms with E-state index in [1.807, 2.05) is 12.1 Å². The van der Waals surface area contributed by atoms with Crippen molar-refractivity contribution in [1.82, 2.24) is 10.6 Å². The summed E-state index contributed by atoms with van der Waals surface area (Å²) < 4.78 is 0. The molecule has 0 bridgehead atoms. The second kappa shape index (κ2) is 10.1. The molecule has 1 aliphatic rings. The zero-order valence-corrected chi connectivity index (χ0v) is 15.5. The molecule has 1 amide bonds. The van der Waals surface area contributed by atoms with E-state index in [-0.39, 0.29) is 5.91 Å². The molecule has 2 aromatic rings. The molecule has 0 spiro atoms. The van der Waals surface area contributed by atoms with Crippen LogP contribution < -0.4 is 10.6 Å². The maximum Gasteiger partial charge on any atom is 0.220 e. The molecule has 1 atom stereocenters. The highest BCUT2D eigenvalue weighted by molar-refractivity contribution is 5.76. The first-order valence-electron chi connectivity index (χ1n) is 9.85. The smallest absolute Gasteiger partial charge is 0.220 e. The Balaban J connectivity index is 1.56. The second-order valence-electron chi connectivity index (χ2n) is 7.47. The van der Waals surface area contributed by atoms with Crippen molar-refractivity contribution in [2.45, 2.75) is 32.1 Å². The summed E-state index contributed by atoms with van der Waals surface area (Å²) in [6.45, 7) is 2.94. The molecular weight excluding hydrogens is 320 g/mol. The highest BCUT2D eigenvalue weighted by Crippen LogP contribution is 2.18. The third kappa shape index (κ3) is 6.30. The van der Waals surface area contributed by atoms with Gasteiger partial charge in [-0.05, 0) is 61.7 Å². The van der Waals surface area contributed by atoms with Gasteiger partial charge in [-0.2, -0.15) is 0 Å². The molecule has 3 nitrogen and oxygen atoms in total. The van der Waals surface area contributed by atoms with Crippen LogP contribution >= 0.6 is 0 Å². The Labute approximate surface area is 157 Å². The largest absolute Gasteiger partial charge is 0.356 e. The molecule has 1 aliphatic heterocycles. The van der Waals surface area contributed by atoms with Crippen LogP contribution in [-0.2, 0) is 17.6 Å². The Hall–Kier alpha value is -2.13. The van der Waals surface area contributed by atoms with Crippen molar-refractivity contribution in [3.05, 3.63) is 71.8 Å². The van der Waals surface area contributed by atoms with E-state index < -0.39 is 0 Å².